The zero-order valence-electron chi connectivity index (χ0n) is 24.3. The average molecular weight is 533 g/mol. The van der Waals surface area contributed by atoms with Gasteiger partial charge < -0.3 is 18.6 Å². The van der Waals surface area contributed by atoms with Crippen molar-refractivity contribution in [1.82, 2.24) is 0 Å². The van der Waals surface area contributed by atoms with Crippen LogP contribution in [0.5, 0.6) is 0 Å². The molecule has 0 radical (unpaired) electrons. The van der Waals surface area contributed by atoms with Crippen LogP contribution in [0.1, 0.15) is 68.7 Å². The molecule has 1 aliphatic heterocycles. The molecule has 10 atom stereocenters. The second kappa shape index (κ2) is 7.71. The normalized spacial score (nSPS) is 45.9. The third-order valence-corrected chi connectivity index (χ3v) is 15.8. The van der Waals surface area contributed by atoms with Crippen LogP contribution in [0, 0.1) is 40.4 Å². The number of carbonyl (C=O) groups excluding carboxylic acids is 3. The van der Waals surface area contributed by atoms with Crippen molar-refractivity contribution < 1.29 is 33.0 Å². The summed E-state index contributed by atoms with van der Waals surface area (Å²) in [6.45, 7) is 22.9. The molecule has 4 aliphatic carbocycles. The number of fused-ring (bicyclic) bond motifs is 3. The Kier molecular flexibility index (Phi) is 5.61. The van der Waals surface area contributed by atoms with E-state index in [2.05, 4.69) is 54.6 Å². The summed E-state index contributed by atoms with van der Waals surface area (Å²) in [5.41, 5.74) is -1.84. The number of carbonyl (C=O) groups is 3. The van der Waals surface area contributed by atoms with E-state index in [1.165, 1.54) is 6.92 Å². The first-order valence-corrected chi connectivity index (χ1v) is 16.7. The van der Waals surface area contributed by atoms with Crippen molar-refractivity contribution in [2.75, 3.05) is 0 Å². The molecule has 7 nitrogen and oxygen atoms in total. The van der Waals surface area contributed by atoms with Gasteiger partial charge in [-0.2, -0.15) is 0 Å². The lowest BCUT2D eigenvalue weighted by molar-refractivity contribution is -0.181. The van der Waals surface area contributed by atoms with Crippen LogP contribution in [-0.2, 0) is 28.2 Å². The fraction of sp³-hybridized carbons (Fsp3) is 0.828. The Morgan fingerprint density at radius 2 is 1.78 bits per heavy atom. The second-order valence-corrected chi connectivity index (χ2v) is 19.4. The number of Topliss-reactive ketones (excluding diaryl/α,β-unsaturated/α-hetero) is 1. The smallest absolute Gasteiger partial charge is 0.454 e. The highest BCUT2D eigenvalue weighted by Crippen LogP contribution is 2.74. The predicted molar refractivity (Wildman–Crippen MR) is 140 cm³/mol. The van der Waals surface area contributed by atoms with E-state index in [4.69, 9.17) is 18.6 Å². The lowest BCUT2D eigenvalue weighted by Gasteiger charge is -2.47. The van der Waals surface area contributed by atoms with E-state index in [1.807, 2.05) is 19.9 Å². The number of esters is 1. The molecule has 37 heavy (non-hydrogen) atoms. The summed E-state index contributed by atoms with van der Waals surface area (Å²) < 4.78 is 25.2. The van der Waals surface area contributed by atoms with Crippen LogP contribution in [0.25, 0.3) is 0 Å². The van der Waals surface area contributed by atoms with Gasteiger partial charge in [0.2, 0.25) is 5.60 Å². The van der Waals surface area contributed by atoms with E-state index in [0.29, 0.717) is 5.92 Å². The van der Waals surface area contributed by atoms with Gasteiger partial charge in [0.25, 0.3) is 0 Å². The number of rotatable bonds is 3. The molecule has 3 saturated carbocycles. The van der Waals surface area contributed by atoms with Crippen molar-refractivity contribution in [2.24, 2.45) is 40.4 Å². The van der Waals surface area contributed by atoms with Gasteiger partial charge in [-0.15, -0.1) is 0 Å². The standard InChI is InChI=1S/C29H44O7Si/c1-14-13-28-15(2)12-18-20(27(18,8)9)19(22(28)31)21(36-37(10,11)26(5,6)7)16(3)24-29(28,35-25(32)34-24)23(14)33-17(4)30/h13,15-16,18-21,23-24H,12H2,1-11H3/t15-,16+,18-,19-,20-,21-,23+,24-,28+,29-/m1/s1. The molecule has 2 bridgehead atoms. The molecule has 0 aromatic carbocycles. The highest BCUT2D eigenvalue weighted by molar-refractivity contribution is 6.74. The topological polar surface area (TPSA) is 88.1 Å². The van der Waals surface area contributed by atoms with E-state index < -0.39 is 49.8 Å². The molecule has 0 N–H and O–H groups in total. The minimum Gasteiger partial charge on any atom is -0.454 e. The summed E-state index contributed by atoms with van der Waals surface area (Å²) in [7, 11) is -2.33. The van der Waals surface area contributed by atoms with E-state index in [9.17, 15) is 9.59 Å². The van der Waals surface area contributed by atoms with E-state index in [0.717, 1.165) is 12.0 Å². The van der Waals surface area contributed by atoms with Crippen molar-refractivity contribution in [3.8, 4) is 0 Å². The molecule has 0 unspecified atom stereocenters. The Balaban J connectivity index is 1.77. The maximum Gasteiger partial charge on any atom is 0.509 e. The monoisotopic (exact) mass is 532 g/mol. The van der Waals surface area contributed by atoms with Crippen LogP contribution >= 0.6 is 0 Å². The quantitative estimate of drug-likeness (QED) is 0.263. The van der Waals surface area contributed by atoms with Gasteiger partial charge >= 0.3 is 12.1 Å². The summed E-state index contributed by atoms with van der Waals surface area (Å²) in [5.74, 6) is -0.719. The van der Waals surface area contributed by atoms with Crippen molar-refractivity contribution in [1.29, 1.82) is 0 Å². The Bertz CT molecular complexity index is 1090. The molecule has 4 fully saturated rings. The maximum atomic E-state index is 15.2. The fourth-order valence-electron chi connectivity index (χ4n) is 8.42. The minimum absolute atomic E-state index is 0.0156. The number of hydrogen-bond acceptors (Lipinski definition) is 7. The van der Waals surface area contributed by atoms with Gasteiger partial charge in [-0.3, -0.25) is 9.59 Å². The van der Waals surface area contributed by atoms with Crippen LogP contribution < -0.4 is 0 Å². The molecular formula is C29H44O7Si. The van der Waals surface area contributed by atoms with Crippen LogP contribution in [0.2, 0.25) is 18.1 Å². The molecule has 1 heterocycles. The number of hydrogen-bond donors (Lipinski definition) is 0. The summed E-state index contributed by atoms with van der Waals surface area (Å²) >= 11 is 0. The zero-order valence-corrected chi connectivity index (χ0v) is 25.3. The molecular weight excluding hydrogens is 488 g/mol. The SMILES string of the molecule is CC(=O)O[C@H]1C(C)=C[C@]23C(=O)[C@@H]([C@H](O[Si](C)(C)C(C)(C)C)[C@H](C)[C@H]4OC(=O)O[C@@]412)[C@H]1[C@@H](C[C@H]3C)C1(C)C. The summed E-state index contributed by atoms with van der Waals surface area (Å²) in [4.78, 5) is 40.5. The number of ketones is 1. The lowest BCUT2D eigenvalue weighted by Crippen LogP contribution is -2.65. The molecule has 0 amide bonds. The van der Waals surface area contributed by atoms with E-state index in [-0.39, 0.29) is 39.9 Å². The van der Waals surface area contributed by atoms with Crippen LogP contribution in [0.3, 0.4) is 0 Å². The van der Waals surface area contributed by atoms with E-state index in [1.54, 1.807) is 0 Å². The van der Waals surface area contributed by atoms with Gasteiger partial charge in [0.15, 0.2) is 26.3 Å². The molecule has 0 aromatic rings. The third-order valence-electron chi connectivity index (χ3n) is 11.3. The molecule has 2 spiro atoms. The van der Waals surface area contributed by atoms with E-state index >= 15 is 4.79 Å². The molecule has 8 heteroatoms. The molecule has 206 valence electrons. The van der Waals surface area contributed by atoms with Gasteiger partial charge in [0.1, 0.15) is 0 Å². The Morgan fingerprint density at radius 1 is 1.16 bits per heavy atom. The Labute approximate surface area is 222 Å². The lowest BCUT2D eigenvalue weighted by atomic mass is 9.59. The fourth-order valence-corrected chi connectivity index (χ4v) is 9.82. The van der Waals surface area contributed by atoms with Gasteiger partial charge in [-0.05, 0) is 60.2 Å². The largest absolute Gasteiger partial charge is 0.509 e. The summed E-state index contributed by atoms with van der Waals surface area (Å²) in [5, 5.41) is -0.0660. The molecule has 1 saturated heterocycles. The third kappa shape index (κ3) is 3.23. The zero-order chi connectivity index (χ0) is 27.7. The van der Waals surface area contributed by atoms with Gasteiger partial charge in [0, 0.05) is 18.8 Å². The summed E-state index contributed by atoms with van der Waals surface area (Å²) in [6.07, 6.45) is -0.125. The van der Waals surface area contributed by atoms with Gasteiger partial charge in [-0.1, -0.05) is 54.5 Å². The van der Waals surface area contributed by atoms with Crippen molar-refractivity contribution in [3.63, 3.8) is 0 Å². The maximum absolute atomic E-state index is 15.2. The molecule has 5 aliphatic rings. The van der Waals surface area contributed by atoms with Crippen molar-refractivity contribution >= 4 is 26.2 Å². The predicted octanol–water partition coefficient (Wildman–Crippen LogP) is 5.68. The first kappa shape index (κ1) is 26.9. The van der Waals surface area contributed by atoms with Crippen LogP contribution in [0.15, 0.2) is 11.6 Å². The second-order valence-electron chi connectivity index (χ2n) is 14.6. The average Bonchev–Trinajstić information content (AvgIpc) is 3.03. The van der Waals surface area contributed by atoms with Crippen LogP contribution in [0.4, 0.5) is 4.79 Å². The van der Waals surface area contributed by atoms with Crippen LogP contribution in [-0.4, -0.2) is 50.1 Å². The minimum atomic E-state index is -2.33. The molecule has 5 rings (SSSR count). The summed E-state index contributed by atoms with van der Waals surface area (Å²) in [6, 6.07) is 0. The first-order chi connectivity index (χ1) is 16.8. The van der Waals surface area contributed by atoms with Gasteiger partial charge in [-0.25, -0.2) is 4.79 Å². The van der Waals surface area contributed by atoms with Crippen molar-refractivity contribution in [3.05, 3.63) is 11.6 Å². The van der Waals surface area contributed by atoms with Gasteiger partial charge in [0.05, 0.1) is 11.5 Å². The highest BCUT2D eigenvalue weighted by atomic mass is 28.4. The Hall–Kier alpha value is -1.67. The first-order valence-electron chi connectivity index (χ1n) is 13.8. The Morgan fingerprint density at radius 3 is 2.35 bits per heavy atom. The van der Waals surface area contributed by atoms with Crippen molar-refractivity contribution in [2.45, 2.75) is 111 Å². The molecule has 0 aromatic heterocycles. The highest BCUT2D eigenvalue weighted by Gasteiger charge is 2.83. The number of ether oxygens (including phenoxy) is 3.